The van der Waals surface area contributed by atoms with Crippen LogP contribution in [0.15, 0.2) is 36.6 Å². The van der Waals surface area contributed by atoms with E-state index in [2.05, 4.69) is 22.5 Å². The molecule has 0 fully saturated rings. The minimum Gasteiger partial charge on any atom is -0.511 e. The van der Waals surface area contributed by atoms with Gasteiger partial charge in [0.05, 0.1) is 10.4 Å². The standard InChI is InChI=1S/C10H8BrF3O/c1-6(15)9(11)7-3-2-4-8(5-7)10(12,13)14/h2-5,9,15H,1H2. The van der Waals surface area contributed by atoms with Crippen molar-refractivity contribution in [1.29, 1.82) is 0 Å². The van der Waals surface area contributed by atoms with E-state index in [9.17, 15) is 13.2 Å². The molecule has 0 aliphatic carbocycles. The smallest absolute Gasteiger partial charge is 0.416 e. The monoisotopic (exact) mass is 280 g/mol. The van der Waals surface area contributed by atoms with Crippen molar-refractivity contribution in [3.8, 4) is 0 Å². The van der Waals surface area contributed by atoms with Crippen LogP contribution in [0.2, 0.25) is 0 Å². The summed E-state index contributed by atoms with van der Waals surface area (Å²) in [5.74, 6) is -0.227. The van der Waals surface area contributed by atoms with Gasteiger partial charge in [0.15, 0.2) is 0 Å². The van der Waals surface area contributed by atoms with E-state index in [1.807, 2.05) is 0 Å². The number of allylic oxidation sites excluding steroid dienone is 1. The summed E-state index contributed by atoms with van der Waals surface area (Å²) in [7, 11) is 0. The van der Waals surface area contributed by atoms with E-state index in [-0.39, 0.29) is 5.76 Å². The van der Waals surface area contributed by atoms with E-state index in [0.717, 1.165) is 12.1 Å². The van der Waals surface area contributed by atoms with E-state index in [4.69, 9.17) is 5.11 Å². The van der Waals surface area contributed by atoms with Crippen LogP contribution in [0, 0.1) is 0 Å². The van der Waals surface area contributed by atoms with Gasteiger partial charge in [-0.15, -0.1) is 0 Å². The molecule has 82 valence electrons. The van der Waals surface area contributed by atoms with Crippen LogP contribution < -0.4 is 0 Å². The number of aliphatic hydroxyl groups excluding tert-OH is 1. The number of hydrogen-bond acceptors (Lipinski definition) is 1. The third-order valence-electron chi connectivity index (χ3n) is 1.80. The lowest BCUT2D eigenvalue weighted by Crippen LogP contribution is -2.05. The Morgan fingerprint density at radius 2 is 2.00 bits per heavy atom. The molecule has 0 radical (unpaired) electrons. The number of halogens is 4. The first kappa shape index (κ1) is 12.1. The Morgan fingerprint density at radius 1 is 1.40 bits per heavy atom. The molecule has 1 N–H and O–H groups in total. The quantitative estimate of drug-likeness (QED) is 0.636. The Morgan fingerprint density at radius 3 is 2.47 bits per heavy atom. The summed E-state index contributed by atoms with van der Waals surface area (Å²) < 4.78 is 37.0. The summed E-state index contributed by atoms with van der Waals surface area (Å²) in [6.45, 7) is 3.25. The Bertz CT molecular complexity index is 373. The first-order valence-electron chi connectivity index (χ1n) is 4.01. The molecule has 0 saturated carbocycles. The summed E-state index contributed by atoms with van der Waals surface area (Å²) in [5, 5.41) is 9.05. The van der Waals surface area contributed by atoms with E-state index in [1.54, 1.807) is 0 Å². The molecule has 1 atom stereocenters. The molecule has 1 nitrogen and oxygen atoms in total. The molecule has 0 saturated heterocycles. The second kappa shape index (κ2) is 4.26. The first-order valence-corrected chi connectivity index (χ1v) is 4.93. The zero-order valence-electron chi connectivity index (χ0n) is 7.55. The third-order valence-corrected chi connectivity index (χ3v) is 2.86. The van der Waals surface area contributed by atoms with Crippen LogP contribution in [-0.2, 0) is 6.18 Å². The molecular weight excluding hydrogens is 273 g/mol. The molecule has 0 amide bonds. The van der Waals surface area contributed by atoms with Crippen LogP contribution in [0.4, 0.5) is 13.2 Å². The fourth-order valence-electron chi connectivity index (χ4n) is 1.07. The number of rotatable bonds is 2. The lowest BCUT2D eigenvalue weighted by atomic mass is 10.1. The molecule has 1 aromatic carbocycles. The second-order valence-electron chi connectivity index (χ2n) is 2.98. The third kappa shape index (κ3) is 2.99. The highest BCUT2D eigenvalue weighted by Crippen LogP contribution is 2.34. The van der Waals surface area contributed by atoms with Gasteiger partial charge in [0.1, 0.15) is 5.76 Å². The van der Waals surface area contributed by atoms with Gasteiger partial charge in [-0.05, 0) is 11.6 Å². The molecule has 1 aromatic rings. The molecule has 0 aliphatic rings. The maximum atomic E-state index is 12.3. The minimum atomic E-state index is -4.38. The van der Waals surface area contributed by atoms with Gasteiger partial charge in [-0.25, -0.2) is 0 Å². The van der Waals surface area contributed by atoms with Gasteiger partial charge < -0.3 is 5.11 Å². The van der Waals surface area contributed by atoms with E-state index < -0.39 is 16.6 Å². The van der Waals surface area contributed by atoms with E-state index >= 15 is 0 Å². The second-order valence-corrected chi connectivity index (χ2v) is 3.89. The number of hydrogen-bond donors (Lipinski definition) is 1. The average Bonchev–Trinajstić information content (AvgIpc) is 2.15. The van der Waals surface area contributed by atoms with Gasteiger partial charge in [0.2, 0.25) is 0 Å². The van der Waals surface area contributed by atoms with Gasteiger partial charge >= 0.3 is 6.18 Å². The topological polar surface area (TPSA) is 20.2 Å². The van der Waals surface area contributed by atoms with E-state index in [1.165, 1.54) is 12.1 Å². The van der Waals surface area contributed by atoms with Crippen LogP contribution in [-0.4, -0.2) is 5.11 Å². The van der Waals surface area contributed by atoms with Crippen molar-refractivity contribution in [2.45, 2.75) is 11.0 Å². The van der Waals surface area contributed by atoms with Crippen LogP contribution in [0.5, 0.6) is 0 Å². The fraction of sp³-hybridized carbons (Fsp3) is 0.200. The lowest BCUT2D eigenvalue weighted by molar-refractivity contribution is -0.137. The molecule has 15 heavy (non-hydrogen) atoms. The van der Waals surface area contributed by atoms with Crippen molar-refractivity contribution >= 4 is 15.9 Å². The molecule has 1 rings (SSSR count). The zero-order valence-corrected chi connectivity index (χ0v) is 9.14. The van der Waals surface area contributed by atoms with Crippen molar-refractivity contribution in [2.75, 3.05) is 0 Å². The zero-order chi connectivity index (χ0) is 11.6. The summed E-state index contributed by atoms with van der Waals surface area (Å²) >= 11 is 3.03. The first-order chi connectivity index (χ1) is 6.82. The highest BCUT2D eigenvalue weighted by molar-refractivity contribution is 9.09. The van der Waals surface area contributed by atoms with Crippen molar-refractivity contribution in [3.63, 3.8) is 0 Å². The summed E-state index contributed by atoms with van der Waals surface area (Å²) in [5.41, 5.74) is -0.428. The maximum absolute atomic E-state index is 12.3. The molecule has 5 heteroatoms. The molecule has 0 heterocycles. The number of benzene rings is 1. The van der Waals surface area contributed by atoms with Crippen LogP contribution in [0.1, 0.15) is 16.0 Å². The molecule has 0 spiro atoms. The van der Waals surface area contributed by atoms with E-state index in [0.29, 0.717) is 5.56 Å². The lowest BCUT2D eigenvalue weighted by Gasteiger charge is -2.11. The molecule has 0 aromatic heterocycles. The SMILES string of the molecule is C=C(O)C(Br)c1cccc(C(F)(F)F)c1. The number of alkyl halides is 4. The predicted octanol–water partition coefficient (Wildman–Crippen LogP) is 4.21. The minimum absolute atomic E-state index is 0.227. The van der Waals surface area contributed by atoms with Crippen molar-refractivity contribution in [1.82, 2.24) is 0 Å². The average molecular weight is 281 g/mol. The predicted molar refractivity (Wildman–Crippen MR) is 54.9 cm³/mol. The van der Waals surface area contributed by atoms with Crippen molar-refractivity contribution in [2.24, 2.45) is 0 Å². The maximum Gasteiger partial charge on any atom is 0.416 e. The van der Waals surface area contributed by atoms with Crippen LogP contribution in [0.25, 0.3) is 0 Å². The molecular formula is C10H8BrF3O. The van der Waals surface area contributed by atoms with Crippen LogP contribution >= 0.6 is 15.9 Å². The molecule has 1 unspecified atom stereocenters. The van der Waals surface area contributed by atoms with Gasteiger partial charge in [-0.1, -0.05) is 40.7 Å². The highest BCUT2D eigenvalue weighted by Gasteiger charge is 2.30. The van der Waals surface area contributed by atoms with Crippen molar-refractivity contribution < 1.29 is 18.3 Å². The van der Waals surface area contributed by atoms with Gasteiger partial charge in [-0.2, -0.15) is 13.2 Å². The van der Waals surface area contributed by atoms with Crippen LogP contribution in [0.3, 0.4) is 0 Å². The van der Waals surface area contributed by atoms with Gasteiger partial charge in [0.25, 0.3) is 0 Å². The molecule has 0 aliphatic heterocycles. The van der Waals surface area contributed by atoms with Gasteiger partial charge in [0, 0.05) is 0 Å². The van der Waals surface area contributed by atoms with Gasteiger partial charge in [-0.3, -0.25) is 0 Å². The Labute approximate surface area is 93.4 Å². The fourth-order valence-corrected chi connectivity index (χ4v) is 1.35. The summed E-state index contributed by atoms with van der Waals surface area (Å²) in [6, 6.07) is 4.72. The summed E-state index contributed by atoms with van der Waals surface area (Å²) in [6.07, 6.45) is -4.38. The Kier molecular flexibility index (Phi) is 3.44. The Hall–Kier alpha value is -0.970. The Balaban J connectivity index is 3.08. The summed E-state index contributed by atoms with van der Waals surface area (Å²) in [4.78, 5) is -0.681. The largest absolute Gasteiger partial charge is 0.511 e. The number of aliphatic hydroxyl groups is 1. The normalized spacial score (nSPS) is 13.6. The molecule has 0 bridgehead atoms. The highest BCUT2D eigenvalue weighted by atomic mass is 79.9. The van der Waals surface area contributed by atoms with Crippen molar-refractivity contribution in [3.05, 3.63) is 47.7 Å².